The summed E-state index contributed by atoms with van der Waals surface area (Å²) in [7, 11) is 1.68. The van der Waals surface area contributed by atoms with Gasteiger partial charge in [-0.3, -0.25) is 4.90 Å². The van der Waals surface area contributed by atoms with E-state index in [2.05, 4.69) is 47.3 Å². The van der Waals surface area contributed by atoms with Crippen molar-refractivity contribution in [3.8, 4) is 11.5 Å². The third-order valence-corrected chi connectivity index (χ3v) is 5.38. The number of nitrogens with one attached hydrogen (secondary N) is 2. The molecule has 0 bridgehead atoms. The topological polar surface area (TPSA) is 70.6 Å². The van der Waals surface area contributed by atoms with Gasteiger partial charge >= 0.3 is 0 Å². The molecule has 0 aromatic heterocycles. The molecule has 0 amide bonds. The van der Waals surface area contributed by atoms with Crippen molar-refractivity contribution >= 4 is 5.96 Å². The molecule has 0 saturated carbocycles. The molecule has 2 N–H and O–H groups in total. The lowest BCUT2D eigenvalue weighted by atomic mass is 10.2. The fourth-order valence-electron chi connectivity index (χ4n) is 3.42. The molecule has 1 aliphatic rings. The van der Waals surface area contributed by atoms with Crippen LogP contribution in [-0.4, -0.2) is 95.0 Å². The van der Waals surface area contributed by atoms with Crippen molar-refractivity contribution in [3.63, 3.8) is 0 Å². The van der Waals surface area contributed by atoms with Crippen molar-refractivity contribution in [1.82, 2.24) is 20.4 Å². The standard InChI is InChI=1S/C23H41N5O3/c1-5-24-23(25-10-11-28-12-15-30-16-13-28)26-19-20-8-9-21(22(18-20)29-4)31-17-14-27(6-2)7-3/h8-9,18H,5-7,10-17,19H2,1-4H3,(H2,24,25,26). The van der Waals surface area contributed by atoms with Gasteiger partial charge in [0.1, 0.15) is 6.61 Å². The maximum Gasteiger partial charge on any atom is 0.191 e. The molecule has 0 spiro atoms. The van der Waals surface area contributed by atoms with Gasteiger partial charge in [-0.2, -0.15) is 0 Å². The third-order valence-electron chi connectivity index (χ3n) is 5.38. The van der Waals surface area contributed by atoms with Gasteiger partial charge in [0, 0.05) is 39.3 Å². The van der Waals surface area contributed by atoms with Crippen LogP contribution in [0.1, 0.15) is 26.3 Å². The van der Waals surface area contributed by atoms with Crippen LogP contribution in [0.3, 0.4) is 0 Å². The summed E-state index contributed by atoms with van der Waals surface area (Å²) in [6.45, 7) is 16.9. The highest BCUT2D eigenvalue weighted by Gasteiger charge is 2.10. The van der Waals surface area contributed by atoms with Crippen LogP contribution >= 0.6 is 0 Å². The number of nitrogens with zero attached hydrogens (tertiary/aromatic N) is 3. The zero-order valence-electron chi connectivity index (χ0n) is 19.8. The predicted molar refractivity (Wildman–Crippen MR) is 126 cm³/mol. The smallest absolute Gasteiger partial charge is 0.191 e. The minimum atomic E-state index is 0.572. The van der Waals surface area contributed by atoms with Crippen molar-refractivity contribution in [1.29, 1.82) is 0 Å². The van der Waals surface area contributed by atoms with E-state index < -0.39 is 0 Å². The average Bonchev–Trinajstić information content (AvgIpc) is 2.81. The fourth-order valence-corrected chi connectivity index (χ4v) is 3.42. The molecule has 1 aromatic rings. The SMILES string of the molecule is CCNC(=NCc1ccc(OCCN(CC)CC)c(OC)c1)NCCN1CCOCC1. The number of aliphatic imine (C=N–C) groups is 1. The van der Waals surface area contributed by atoms with E-state index in [-0.39, 0.29) is 0 Å². The van der Waals surface area contributed by atoms with Gasteiger partial charge in [0.15, 0.2) is 17.5 Å². The second-order valence-corrected chi connectivity index (χ2v) is 7.44. The Kier molecular flexibility index (Phi) is 12.1. The van der Waals surface area contributed by atoms with Gasteiger partial charge in [-0.05, 0) is 37.7 Å². The van der Waals surface area contributed by atoms with E-state index >= 15 is 0 Å². The van der Waals surface area contributed by atoms with Gasteiger partial charge in [0.05, 0.1) is 26.9 Å². The molecule has 0 aliphatic carbocycles. The number of rotatable bonds is 13. The number of benzene rings is 1. The fraction of sp³-hybridized carbons (Fsp3) is 0.696. The van der Waals surface area contributed by atoms with Crippen molar-refractivity contribution in [3.05, 3.63) is 23.8 Å². The van der Waals surface area contributed by atoms with Gasteiger partial charge in [-0.1, -0.05) is 19.9 Å². The second-order valence-electron chi connectivity index (χ2n) is 7.44. The molecule has 176 valence electrons. The largest absolute Gasteiger partial charge is 0.493 e. The van der Waals surface area contributed by atoms with Crippen LogP contribution in [-0.2, 0) is 11.3 Å². The molecule has 1 fully saturated rings. The minimum Gasteiger partial charge on any atom is -0.493 e. The summed E-state index contributed by atoms with van der Waals surface area (Å²) < 4.78 is 16.9. The summed E-state index contributed by atoms with van der Waals surface area (Å²) in [5.41, 5.74) is 1.08. The van der Waals surface area contributed by atoms with Crippen LogP contribution in [0.25, 0.3) is 0 Å². The maximum atomic E-state index is 5.95. The molecule has 1 heterocycles. The molecule has 8 heteroatoms. The molecule has 8 nitrogen and oxygen atoms in total. The number of likely N-dealkylation sites (N-methyl/N-ethyl adjacent to an activating group) is 1. The summed E-state index contributed by atoms with van der Waals surface area (Å²) in [6, 6.07) is 6.04. The Morgan fingerprint density at radius 3 is 2.58 bits per heavy atom. The number of morpholine rings is 1. The number of ether oxygens (including phenoxy) is 3. The number of methoxy groups -OCH3 is 1. The van der Waals surface area contributed by atoms with Crippen LogP contribution in [0.4, 0.5) is 0 Å². The molecule has 0 unspecified atom stereocenters. The molecular formula is C23H41N5O3. The van der Waals surface area contributed by atoms with Gasteiger partial charge in [0.25, 0.3) is 0 Å². The molecule has 1 aliphatic heterocycles. The zero-order chi connectivity index (χ0) is 22.3. The summed E-state index contributed by atoms with van der Waals surface area (Å²) in [6.07, 6.45) is 0. The normalized spacial score (nSPS) is 15.2. The summed E-state index contributed by atoms with van der Waals surface area (Å²) in [4.78, 5) is 9.47. The quantitative estimate of drug-likeness (QED) is 0.362. The van der Waals surface area contributed by atoms with Crippen molar-refractivity contribution in [2.24, 2.45) is 4.99 Å². The Labute approximate surface area is 187 Å². The first-order valence-electron chi connectivity index (χ1n) is 11.5. The predicted octanol–water partition coefficient (Wildman–Crippen LogP) is 1.80. The first kappa shape index (κ1) is 25.2. The van der Waals surface area contributed by atoms with E-state index in [0.29, 0.717) is 13.2 Å². The average molecular weight is 436 g/mol. The van der Waals surface area contributed by atoms with E-state index in [4.69, 9.17) is 19.2 Å². The lowest BCUT2D eigenvalue weighted by Crippen LogP contribution is -2.44. The summed E-state index contributed by atoms with van der Waals surface area (Å²) in [5.74, 6) is 2.35. The van der Waals surface area contributed by atoms with Crippen molar-refractivity contribution in [2.75, 3.05) is 79.3 Å². The number of hydrogen-bond donors (Lipinski definition) is 2. The van der Waals surface area contributed by atoms with E-state index in [0.717, 1.165) is 88.6 Å². The highest BCUT2D eigenvalue weighted by Crippen LogP contribution is 2.28. The van der Waals surface area contributed by atoms with Crippen molar-refractivity contribution < 1.29 is 14.2 Å². The van der Waals surface area contributed by atoms with E-state index in [1.54, 1.807) is 7.11 Å². The lowest BCUT2D eigenvalue weighted by molar-refractivity contribution is 0.0389. The number of hydrogen-bond acceptors (Lipinski definition) is 6. The first-order chi connectivity index (χ1) is 15.2. The minimum absolute atomic E-state index is 0.572. The van der Waals surface area contributed by atoms with Crippen molar-refractivity contribution in [2.45, 2.75) is 27.3 Å². The highest BCUT2D eigenvalue weighted by atomic mass is 16.5. The van der Waals surface area contributed by atoms with E-state index in [1.807, 2.05) is 12.1 Å². The van der Waals surface area contributed by atoms with Crippen LogP contribution < -0.4 is 20.1 Å². The van der Waals surface area contributed by atoms with E-state index in [9.17, 15) is 0 Å². The van der Waals surface area contributed by atoms with Gasteiger partial charge in [-0.15, -0.1) is 0 Å². The Morgan fingerprint density at radius 1 is 1.13 bits per heavy atom. The molecular weight excluding hydrogens is 394 g/mol. The monoisotopic (exact) mass is 435 g/mol. The Balaban J connectivity index is 1.87. The summed E-state index contributed by atoms with van der Waals surface area (Å²) >= 11 is 0. The molecule has 1 aromatic carbocycles. The number of guanidine groups is 1. The molecule has 0 radical (unpaired) electrons. The maximum absolute atomic E-state index is 5.95. The Morgan fingerprint density at radius 2 is 1.90 bits per heavy atom. The van der Waals surface area contributed by atoms with Gasteiger partial charge in [-0.25, -0.2) is 4.99 Å². The Hall–Kier alpha value is -2.03. The molecule has 31 heavy (non-hydrogen) atoms. The summed E-state index contributed by atoms with van der Waals surface area (Å²) in [5, 5.41) is 6.74. The lowest BCUT2D eigenvalue weighted by Gasteiger charge is -2.26. The van der Waals surface area contributed by atoms with E-state index in [1.165, 1.54) is 0 Å². The van der Waals surface area contributed by atoms with Crippen LogP contribution in [0.2, 0.25) is 0 Å². The Bertz CT molecular complexity index is 646. The zero-order valence-corrected chi connectivity index (χ0v) is 19.8. The third kappa shape index (κ3) is 9.33. The molecule has 0 atom stereocenters. The first-order valence-corrected chi connectivity index (χ1v) is 11.5. The van der Waals surface area contributed by atoms with Crippen LogP contribution in [0, 0.1) is 0 Å². The molecule has 2 rings (SSSR count). The van der Waals surface area contributed by atoms with Crippen LogP contribution in [0.15, 0.2) is 23.2 Å². The van der Waals surface area contributed by atoms with Gasteiger partial charge in [0.2, 0.25) is 0 Å². The molecule has 1 saturated heterocycles. The van der Waals surface area contributed by atoms with Crippen LogP contribution in [0.5, 0.6) is 11.5 Å². The second kappa shape index (κ2) is 14.9. The van der Waals surface area contributed by atoms with Gasteiger partial charge < -0.3 is 29.7 Å². The highest BCUT2D eigenvalue weighted by molar-refractivity contribution is 5.79.